The van der Waals surface area contributed by atoms with Crippen molar-refractivity contribution in [2.45, 2.75) is 26.3 Å². The van der Waals surface area contributed by atoms with Gasteiger partial charge in [0.25, 0.3) is 5.91 Å². The van der Waals surface area contributed by atoms with Crippen molar-refractivity contribution in [3.63, 3.8) is 0 Å². The third-order valence-corrected chi connectivity index (χ3v) is 4.10. The highest BCUT2D eigenvalue weighted by atomic mass is 16.2. The van der Waals surface area contributed by atoms with Crippen molar-refractivity contribution in [1.29, 1.82) is 0 Å². The van der Waals surface area contributed by atoms with Crippen LogP contribution < -0.4 is 5.32 Å². The molecule has 0 spiro atoms. The molecule has 0 aliphatic carbocycles. The van der Waals surface area contributed by atoms with Crippen LogP contribution in [-0.4, -0.2) is 31.4 Å². The van der Waals surface area contributed by atoms with Gasteiger partial charge in [-0.05, 0) is 55.6 Å². The Labute approximate surface area is 139 Å². The van der Waals surface area contributed by atoms with Crippen molar-refractivity contribution in [2.75, 3.05) is 20.6 Å². The minimum Gasteiger partial charge on any atom is -0.345 e. The Balaban J connectivity index is 1.93. The summed E-state index contributed by atoms with van der Waals surface area (Å²) in [6.45, 7) is 5.22. The first-order chi connectivity index (χ1) is 11.0. The van der Waals surface area contributed by atoms with E-state index >= 15 is 0 Å². The monoisotopic (exact) mass is 310 g/mol. The molecule has 1 atom stereocenters. The molecule has 0 radical (unpaired) electrons. The van der Waals surface area contributed by atoms with E-state index in [0.29, 0.717) is 6.04 Å². The topological polar surface area (TPSA) is 32.3 Å². The molecule has 122 valence electrons. The summed E-state index contributed by atoms with van der Waals surface area (Å²) in [5.41, 5.74) is 4.58. The van der Waals surface area contributed by atoms with Crippen molar-refractivity contribution in [1.82, 2.24) is 10.2 Å². The van der Waals surface area contributed by atoms with Crippen LogP contribution in [0, 0.1) is 6.92 Å². The molecule has 0 aromatic heterocycles. The Morgan fingerprint density at radius 1 is 1.13 bits per heavy atom. The molecule has 3 heteroatoms. The molecule has 0 unspecified atom stereocenters. The lowest BCUT2D eigenvalue weighted by Crippen LogP contribution is -2.23. The van der Waals surface area contributed by atoms with E-state index in [1.54, 1.807) is 19.0 Å². The summed E-state index contributed by atoms with van der Waals surface area (Å²) in [4.78, 5) is 13.6. The van der Waals surface area contributed by atoms with Crippen LogP contribution in [0.2, 0.25) is 0 Å². The average Bonchev–Trinajstić information content (AvgIpc) is 2.54. The molecule has 1 amide bonds. The highest BCUT2D eigenvalue weighted by Gasteiger charge is 2.09. The molecule has 1 N–H and O–H groups in total. The third-order valence-electron chi connectivity index (χ3n) is 4.10. The highest BCUT2D eigenvalue weighted by Crippen LogP contribution is 2.16. The molecule has 0 aliphatic rings. The zero-order chi connectivity index (χ0) is 16.8. The van der Waals surface area contributed by atoms with Gasteiger partial charge in [0.1, 0.15) is 0 Å². The van der Waals surface area contributed by atoms with Gasteiger partial charge in [-0.1, -0.05) is 36.4 Å². The fourth-order valence-electron chi connectivity index (χ4n) is 2.73. The van der Waals surface area contributed by atoms with Gasteiger partial charge in [-0.2, -0.15) is 0 Å². The lowest BCUT2D eigenvalue weighted by Gasteiger charge is -2.17. The smallest absolute Gasteiger partial charge is 0.253 e. The number of hydrogen-bond acceptors (Lipinski definition) is 2. The van der Waals surface area contributed by atoms with Gasteiger partial charge in [0.15, 0.2) is 0 Å². The maximum Gasteiger partial charge on any atom is 0.253 e. The van der Waals surface area contributed by atoms with Crippen LogP contribution >= 0.6 is 0 Å². The molecule has 0 bridgehead atoms. The molecule has 3 nitrogen and oxygen atoms in total. The number of rotatable bonds is 6. The minimum absolute atomic E-state index is 0.0492. The van der Waals surface area contributed by atoms with Gasteiger partial charge in [0, 0.05) is 25.7 Å². The van der Waals surface area contributed by atoms with Gasteiger partial charge in [0.2, 0.25) is 0 Å². The van der Waals surface area contributed by atoms with E-state index in [-0.39, 0.29) is 5.91 Å². The SMILES string of the molecule is Cc1ccccc1[C@H](C)NCCc1cccc(C(=O)N(C)C)c1. The normalized spacial score (nSPS) is 12.0. The van der Waals surface area contributed by atoms with Gasteiger partial charge >= 0.3 is 0 Å². The predicted molar refractivity (Wildman–Crippen MR) is 95.8 cm³/mol. The molecule has 2 rings (SSSR count). The van der Waals surface area contributed by atoms with Crippen LogP contribution in [0.1, 0.15) is 40.0 Å². The molecule has 0 aliphatic heterocycles. The molecular weight excluding hydrogens is 284 g/mol. The molecule has 2 aromatic carbocycles. The van der Waals surface area contributed by atoms with Crippen molar-refractivity contribution in [2.24, 2.45) is 0 Å². The Hall–Kier alpha value is -2.13. The quantitative estimate of drug-likeness (QED) is 0.884. The highest BCUT2D eigenvalue weighted by molar-refractivity contribution is 5.94. The van der Waals surface area contributed by atoms with Gasteiger partial charge in [-0.15, -0.1) is 0 Å². The summed E-state index contributed by atoms with van der Waals surface area (Å²) >= 11 is 0. The molecule has 23 heavy (non-hydrogen) atoms. The second-order valence-corrected chi connectivity index (χ2v) is 6.18. The summed E-state index contributed by atoms with van der Waals surface area (Å²) in [6.07, 6.45) is 0.908. The number of nitrogens with one attached hydrogen (secondary N) is 1. The van der Waals surface area contributed by atoms with E-state index in [4.69, 9.17) is 0 Å². The third kappa shape index (κ3) is 4.67. The van der Waals surface area contributed by atoms with E-state index in [1.165, 1.54) is 16.7 Å². The van der Waals surface area contributed by atoms with Crippen molar-refractivity contribution >= 4 is 5.91 Å². The van der Waals surface area contributed by atoms with Crippen LogP contribution in [0.4, 0.5) is 0 Å². The number of amides is 1. The second kappa shape index (κ2) is 7.93. The van der Waals surface area contributed by atoms with E-state index in [9.17, 15) is 4.79 Å². The zero-order valence-corrected chi connectivity index (χ0v) is 14.5. The van der Waals surface area contributed by atoms with Crippen LogP contribution in [0.3, 0.4) is 0 Å². The first kappa shape index (κ1) is 17.2. The van der Waals surface area contributed by atoms with Gasteiger partial charge in [-0.25, -0.2) is 0 Å². The predicted octanol–water partition coefficient (Wildman–Crippen LogP) is 3.59. The van der Waals surface area contributed by atoms with E-state index < -0.39 is 0 Å². The maximum atomic E-state index is 12.0. The summed E-state index contributed by atoms with van der Waals surface area (Å²) in [5, 5.41) is 3.56. The van der Waals surface area contributed by atoms with Crippen LogP contribution in [0.5, 0.6) is 0 Å². The number of aryl methyl sites for hydroxylation is 1. The van der Waals surface area contributed by atoms with E-state index in [2.05, 4.69) is 49.5 Å². The number of carbonyl (C=O) groups is 1. The second-order valence-electron chi connectivity index (χ2n) is 6.18. The lowest BCUT2D eigenvalue weighted by atomic mass is 10.0. The molecular formula is C20H26N2O. The summed E-state index contributed by atoms with van der Waals surface area (Å²) < 4.78 is 0. The standard InChI is InChI=1S/C20H26N2O/c1-15-8-5-6-11-19(15)16(2)21-13-12-17-9-7-10-18(14-17)20(23)22(3)4/h5-11,14,16,21H,12-13H2,1-4H3/t16-/m0/s1. The number of benzene rings is 2. The maximum absolute atomic E-state index is 12.0. The first-order valence-electron chi connectivity index (χ1n) is 8.08. The Bertz CT molecular complexity index is 664. The zero-order valence-electron chi connectivity index (χ0n) is 14.5. The number of nitrogens with zero attached hydrogens (tertiary/aromatic N) is 1. The molecule has 0 fully saturated rings. The minimum atomic E-state index is 0.0492. The van der Waals surface area contributed by atoms with Crippen LogP contribution in [0.15, 0.2) is 48.5 Å². The lowest BCUT2D eigenvalue weighted by molar-refractivity contribution is 0.0827. The Morgan fingerprint density at radius 3 is 2.57 bits per heavy atom. The van der Waals surface area contributed by atoms with Gasteiger partial charge in [-0.3, -0.25) is 4.79 Å². The summed E-state index contributed by atoms with van der Waals surface area (Å²) in [6, 6.07) is 16.7. The molecule has 0 saturated heterocycles. The van der Waals surface area contributed by atoms with E-state index in [1.807, 2.05) is 18.2 Å². The van der Waals surface area contributed by atoms with Crippen LogP contribution in [-0.2, 0) is 6.42 Å². The fourth-order valence-corrected chi connectivity index (χ4v) is 2.73. The molecule has 0 saturated carbocycles. The number of hydrogen-bond donors (Lipinski definition) is 1. The van der Waals surface area contributed by atoms with Gasteiger partial charge < -0.3 is 10.2 Å². The van der Waals surface area contributed by atoms with Crippen molar-refractivity contribution in [3.8, 4) is 0 Å². The summed E-state index contributed by atoms with van der Waals surface area (Å²) in [7, 11) is 3.56. The fraction of sp³-hybridized carbons (Fsp3) is 0.350. The Morgan fingerprint density at radius 2 is 1.87 bits per heavy atom. The molecule has 0 heterocycles. The molecule has 2 aromatic rings. The van der Waals surface area contributed by atoms with Crippen LogP contribution in [0.25, 0.3) is 0 Å². The van der Waals surface area contributed by atoms with E-state index in [0.717, 1.165) is 18.5 Å². The summed E-state index contributed by atoms with van der Waals surface area (Å²) in [5.74, 6) is 0.0492. The Kier molecular flexibility index (Phi) is 5.94. The van der Waals surface area contributed by atoms with Gasteiger partial charge in [0.05, 0.1) is 0 Å². The number of carbonyl (C=O) groups excluding carboxylic acids is 1. The van der Waals surface area contributed by atoms with Crippen molar-refractivity contribution in [3.05, 3.63) is 70.8 Å². The average molecular weight is 310 g/mol. The van der Waals surface area contributed by atoms with Crippen molar-refractivity contribution < 1.29 is 4.79 Å². The first-order valence-corrected chi connectivity index (χ1v) is 8.08. The largest absolute Gasteiger partial charge is 0.345 e.